The highest BCUT2D eigenvalue weighted by Crippen LogP contribution is 2.20. The summed E-state index contributed by atoms with van der Waals surface area (Å²) in [4.78, 5) is 23.7. The highest BCUT2D eigenvalue weighted by Gasteiger charge is 2.08. The summed E-state index contributed by atoms with van der Waals surface area (Å²) in [6.45, 7) is 0.182. The van der Waals surface area contributed by atoms with E-state index in [2.05, 4.69) is 10.6 Å². The topological polar surface area (TPSA) is 63.1 Å². The lowest BCUT2D eigenvalue weighted by molar-refractivity contribution is -0.116. The third kappa shape index (κ3) is 3.41. The average Bonchev–Trinajstić information content (AvgIpc) is 2.97. The van der Waals surface area contributed by atoms with Crippen LogP contribution in [0.3, 0.4) is 0 Å². The minimum Gasteiger partial charge on any atom is -0.355 e. The number of hydrogen-bond acceptors (Lipinski definition) is 2. The Balaban J connectivity index is 1.71. The SMILES string of the molecule is CNC(=O)c1ccc(NC(=O)Cn2ccc3ccc(Cl)cc32)cc1. The van der Waals surface area contributed by atoms with Gasteiger partial charge in [-0.3, -0.25) is 9.59 Å². The molecule has 0 aliphatic rings. The summed E-state index contributed by atoms with van der Waals surface area (Å²) in [6.07, 6.45) is 1.86. The number of hydrogen-bond donors (Lipinski definition) is 2. The Bertz CT molecular complexity index is 900. The van der Waals surface area contributed by atoms with Gasteiger partial charge in [0.1, 0.15) is 6.54 Å². The van der Waals surface area contributed by atoms with Crippen LogP contribution < -0.4 is 10.6 Å². The molecule has 122 valence electrons. The molecule has 2 amide bonds. The van der Waals surface area contributed by atoms with Crippen LogP contribution in [0.1, 0.15) is 10.4 Å². The van der Waals surface area contributed by atoms with Gasteiger partial charge in [0.05, 0.1) is 0 Å². The fourth-order valence-electron chi connectivity index (χ4n) is 2.50. The molecule has 0 atom stereocenters. The van der Waals surface area contributed by atoms with Gasteiger partial charge in [-0.2, -0.15) is 0 Å². The van der Waals surface area contributed by atoms with E-state index in [1.54, 1.807) is 31.3 Å². The highest BCUT2D eigenvalue weighted by molar-refractivity contribution is 6.31. The predicted molar refractivity (Wildman–Crippen MR) is 95.4 cm³/mol. The Morgan fingerprint density at radius 2 is 1.83 bits per heavy atom. The van der Waals surface area contributed by atoms with Gasteiger partial charge in [-0.25, -0.2) is 0 Å². The highest BCUT2D eigenvalue weighted by atomic mass is 35.5. The standard InChI is InChI=1S/C18H16ClN3O2/c1-20-18(24)13-3-6-15(7-4-13)21-17(23)11-22-9-8-12-2-5-14(19)10-16(12)22/h2-10H,11H2,1H3,(H,20,24)(H,21,23). The fourth-order valence-corrected chi connectivity index (χ4v) is 2.67. The number of halogens is 1. The number of carbonyl (C=O) groups is 2. The first kappa shape index (κ1) is 16.1. The second-order valence-corrected chi connectivity index (χ2v) is 5.79. The van der Waals surface area contributed by atoms with Gasteiger partial charge >= 0.3 is 0 Å². The maximum atomic E-state index is 12.2. The molecule has 0 saturated heterocycles. The number of aromatic nitrogens is 1. The number of benzene rings is 2. The molecule has 2 N–H and O–H groups in total. The zero-order valence-corrected chi connectivity index (χ0v) is 13.8. The summed E-state index contributed by atoms with van der Waals surface area (Å²) in [5.74, 6) is -0.316. The van der Waals surface area contributed by atoms with Crippen molar-refractivity contribution >= 4 is 40.0 Å². The lowest BCUT2D eigenvalue weighted by Crippen LogP contribution is -2.19. The van der Waals surface area contributed by atoms with Gasteiger partial charge in [0.2, 0.25) is 5.91 Å². The van der Waals surface area contributed by atoms with Crippen LogP contribution in [0, 0.1) is 0 Å². The van der Waals surface area contributed by atoms with E-state index in [1.807, 2.05) is 35.0 Å². The number of nitrogens with zero attached hydrogens (tertiary/aromatic N) is 1. The van der Waals surface area contributed by atoms with E-state index in [9.17, 15) is 9.59 Å². The molecule has 0 unspecified atom stereocenters. The van der Waals surface area contributed by atoms with Crippen molar-refractivity contribution in [1.29, 1.82) is 0 Å². The van der Waals surface area contributed by atoms with Gasteiger partial charge in [0, 0.05) is 35.0 Å². The van der Waals surface area contributed by atoms with E-state index in [0.717, 1.165) is 10.9 Å². The number of fused-ring (bicyclic) bond motifs is 1. The first-order valence-corrected chi connectivity index (χ1v) is 7.81. The molecule has 1 heterocycles. The smallest absolute Gasteiger partial charge is 0.251 e. The summed E-state index contributed by atoms with van der Waals surface area (Å²) in [6, 6.07) is 14.3. The van der Waals surface area contributed by atoms with Crippen LogP contribution in [0.4, 0.5) is 5.69 Å². The van der Waals surface area contributed by atoms with Crippen LogP contribution in [0.25, 0.3) is 10.9 Å². The van der Waals surface area contributed by atoms with Crippen molar-refractivity contribution in [3.63, 3.8) is 0 Å². The summed E-state index contributed by atoms with van der Waals surface area (Å²) in [5.41, 5.74) is 2.09. The number of nitrogens with one attached hydrogen (secondary N) is 2. The van der Waals surface area contributed by atoms with Gasteiger partial charge in [-0.15, -0.1) is 0 Å². The van der Waals surface area contributed by atoms with Crippen LogP contribution in [0.5, 0.6) is 0 Å². The Labute approximate surface area is 144 Å². The lowest BCUT2D eigenvalue weighted by Gasteiger charge is -2.08. The molecule has 6 heteroatoms. The van der Waals surface area contributed by atoms with E-state index in [4.69, 9.17) is 11.6 Å². The molecule has 0 spiro atoms. The minimum atomic E-state index is -0.163. The monoisotopic (exact) mass is 341 g/mol. The molecular weight excluding hydrogens is 326 g/mol. The van der Waals surface area contributed by atoms with Crippen molar-refractivity contribution in [3.05, 3.63) is 65.3 Å². The van der Waals surface area contributed by atoms with Crippen LogP contribution in [0.2, 0.25) is 5.02 Å². The third-order valence-electron chi connectivity index (χ3n) is 3.71. The zero-order valence-electron chi connectivity index (χ0n) is 13.0. The van der Waals surface area contributed by atoms with Crippen molar-refractivity contribution in [1.82, 2.24) is 9.88 Å². The maximum Gasteiger partial charge on any atom is 0.251 e. The van der Waals surface area contributed by atoms with Gasteiger partial charge in [-0.05, 0) is 47.9 Å². The van der Waals surface area contributed by atoms with Crippen LogP contribution in [-0.4, -0.2) is 23.4 Å². The average molecular weight is 342 g/mol. The number of rotatable bonds is 4. The van der Waals surface area contributed by atoms with Crippen LogP contribution in [0.15, 0.2) is 54.7 Å². The molecule has 0 aliphatic carbocycles. The molecule has 0 radical (unpaired) electrons. The molecule has 0 fully saturated rings. The molecule has 24 heavy (non-hydrogen) atoms. The summed E-state index contributed by atoms with van der Waals surface area (Å²) >= 11 is 6.02. The second-order valence-electron chi connectivity index (χ2n) is 5.35. The van der Waals surface area contributed by atoms with Crippen molar-refractivity contribution in [2.45, 2.75) is 6.54 Å². The quantitative estimate of drug-likeness (QED) is 0.764. The van der Waals surface area contributed by atoms with Crippen LogP contribution >= 0.6 is 11.6 Å². The second kappa shape index (κ2) is 6.76. The largest absolute Gasteiger partial charge is 0.355 e. The normalized spacial score (nSPS) is 10.6. The number of anilines is 1. The van der Waals surface area contributed by atoms with Crippen molar-refractivity contribution in [2.24, 2.45) is 0 Å². The zero-order chi connectivity index (χ0) is 17.1. The van der Waals surface area contributed by atoms with Crippen molar-refractivity contribution in [3.8, 4) is 0 Å². The molecule has 0 bridgehead atoms. The molecule has 0 aliphatic heterocycles. The van der Waals surface area contributed by atoms with E-state index in [-0.39, 0.29) is 18.4 Å². The summed E-state index contributed by atoms with van der Waals surface area (Å²) < 4.78 is 1.84. The Morgan fingerprint density at radius 3 is 2.54 bits per heavy atom. The Morgan fingerprint density at radius 1 is 1.08 bits per heavy atom. The molecule has 2 aromatic carbocycles. The predicted octanol–water partition coefficient (Wildman–Crippen LogP) is 3.29. The van der Waals surface area contributed by atoms with Crippen molar-refractivity contribution < 1.29 is 9.59 Å². The van der Waals surface area contributed by atoms with E-state index in [0.29, 0.717) is 16.3 Å². The molecule has 3 aromatic rings. The molecule has 5 nitrogen and oxygen atoms in total. The van der Waals surface area contributed by atoms with Crippen molar-refractivity contribution in [2.75, 3.05) is 12.4 Å². The summed E-state index contributed by atoms with van der Waals surface area (Å²) in [7, 11) is 1.58. The Kier molecular flexibility index (Phi) is 4.53. The van der Waals surface area contributed by atoms with E-state index < -0.39 is 0 Å². The lowest BCUT2D eigenvalue weighted by atomic mass is 10.2. The molecule has 1 aromatic heterocycles. The van der Waals surface area contributed by atoms with Crippen LogP contribution in [-0.2, 0) is 11.3 Å². The first-order valence-electron chi connectivity index (χ1n) is 7.43. The minimum absolute atomic E-state index is 0.153. The van der Waals surface area contributed by atoms with Gasteiger partial charge in [0.15, 0.2) is 0 Å². The Hall–Kier alpha value is -2.79. The summed E-state index contributed by atoms with van der Waals surface area (Å²) in [5, 5.41) is 7.03. The number of carbonyl (C=O) groups excluding carboxylic acids is 2. The van der Waals surface area contributed by atoms with E-state index in [1.165, 1.54) is 0 Å². The third-order valence-corrected chi connectivity index (χ3v) is 3.94. The van der Waals surface area contributed by atoms with E-state index >= 15 is 0 Å². The van der Waals surface area contributed by atoms with Gasteiger partial charge in [0.25, 0.3) is 5.91 Å². The fraction of sp³-hybridized carbons (Fsp3) is 0.111. The van der Waals surface area contributed by atoms with Gasteiger partial charge < -0.3 is 15.2 Å². The molecular formula is C18H16ClN3O2. The number of amides is 2. The first-order chi connectivity index (χ1) is 11.6. The molecule has 0 saturated carbocycles. The maximum absolute atomic E-state index is 12.2. The van der Waals surface area contributed by atoms with Gasteiger partial charge in [-0.1, -0.05) is 17.7 Å². The molecule has 3 rings (SSSR count).